The zero-order valence-corrected chi connectivity index (χ0v) is 12.3. The average molecular weight is 267 g/mol. The van der Waals surface area contributed by atoms with Crippen molar-refractivity contribution in [2.45, 2.75) is 32.8 Å². The molecule has 1 unspecified atom stereocenters. The van der Waals surface area contributed by atoms with Crippen molar-refractivity contribution in [1.29, 1.82) is 0 Å². The van der Waals surface area contributed by atoms with Gasteiger partial charge in [0.25, 0.3) is 0 Å². The monoisotopic (exact) mass is 267 g/mol. The van der Waals surface area contributed by atoms with Crippen molar-refractivity contribution in [1.82, 2.24) is 9.97 Å². The highest BCUT2D eigenvalue weighted by Crippen LogP contribution is 2.29. The van der Waals surface area contributed by atoms with E-state index in [0.717, 1.165) is 35.4 Å². The quantitative estimate of drug-likeness (QED) is 0.912. The first kappa shape index (κ1) is 13.6. The van der Waals surface area contributed by atoms with E-state index in [9.17, 15) is 0 Å². The van der Waals surface area contributed by atoms with Gasteiger partial charge in [0.1, 0.15) is 11.9 Å². The second kappa shape index (κ2) is 5.89. The van der Waals surface area contributed by atoms with E-state index in [1.807, 2.05) is 18.8 Å². The molecule has 1 aromatic rings. The molecule has 0 saturated carbocycles. The van der Waals surface area contributed by atoms with E-state index in [2.05, 4.69) is 36.1 Å². The number of aromatic nitrogens is 2. The first-order valence-corrected chi connectivity index (χ1v) is 7.54. The first-order chi connectivity index (χ1) is 8.63. The van der Waals surface area contributed by atoms with Gasteiger partial charge in [0, 0.05) is 29.8 Å². The first-order valence-electron chi connectivity index (χ1n) is 6.39. The average Bonchev–Trinajstić information content (AvgIpc) is 2.38. The molecule has 0 bridgehead atoms. The van der Waals surface area contributed by atoms with E-state index in [0.29, 0.717) is 5.92 Å². The van der Waals surface area contributed by atoms with Crippen LogP contribution in [0.4, 0.5) is 5.82 Å². The Hall–Kier alpha value is -0.810. The van der Waals surface area contributed by atoms with Gasteiger partial charge in [-0.3, -0.25) is 0 Å². The SMILES string of the molecule is CNc1nc(C2CSCCO2)nc(C)c1C(C)C. The van der Waals surface area contributed by atoms with Crippen molar-refractivity contribution in [3.05, 3.63) is 17.1 Å². The van der Waals surface area contributed by atoms with Crippen molar-refractivity contribution < 1.29 is 4.74 Å². The zero-order valence-electron chi connectivity index (χ0n) is 11.5. The van der Waals surface area contributed by atoms with Crippen LogP contribution >= 0.6 is 11.8 Å². The summed E-state index contributed by atoms with van der Waals surface area (Å²) in [5, 5.41) is 3.18. The lowest BCUT2D eigenvalue weighted by atomic mass is 10.0. The molecule has 1 aromatic heterocycles. The third-order valence-electron chi connectivity index (χ3n) is 3.07. The van der Waals surface area contributed by atoms with Crippen molar-refractivity contribution in [2.75, 3.05) is 30.5 Å². The Kier molecular flexibility index (Phi) is 4.45. The molecule has 1 atom stereocenters. The Morgan fingerprint density at radius 1 is 1.39 bits per heavy atom. The molecule has 2 rings (SSSR count). The molecule has 4 nitrogen and oxygen atoms in total. The van der Waals surface area contributed by atoms with Crippen LogP contribution in [-0.2, 0) is 4.74 Å². The van der Waals surface area contributed by atoms with Gasteiger partial charge in [0.2, 0.25) is 0 Å². The summed E-state index contributed by atoms with van der Waals surface area (Å²) in [4.78, 5) is 9.27. The molecule has 1 aliphatic heterocycles. The van der Waals surface area contributed by atoms with Gasteiger partial charge in [-0.1, -0.05) is 13.8 Å². The summed E-state index contributed by atoms with van der Waals surface area (Å²) in [6, 6.07) is 0. The van der Waals surface area contributed by atoms with E-state index < -0.39 is 0 Å². The number of anilines is 1. The number of nitrogens with zero attached hydrogens (tertiary/aromatic N) is 2. The summed E-state index contributed by atoms with van der Waals surface area (Å²) in [6.07, 6.45) is 0.0377. The number of aryl methyl sites for hydroxylation is 1. The molecule has 0 spiro atoms. The Labute approximate surface area is 113 Å². The molecule has 0 aliphatic carbocycles. The van der Waals surface area contributed by atoms with Crippen LogP contribution in [0.1, 0.15) is 43.0 Å². The fraction of sp³-hybridized carbons (Fsp3) is 0.692. The fourth-order valence-corrected chi connectivity index (χ4v) is 3.11. The summed E-state index contributed by atoms with van der Waals surface area (Å²) >= 11 is 1.90. The van der Waals surface area contributed by atoms with E-state index >= 15 is 0 Å². The maximum Gasteiger partial charge on any atom is 0.160 e. The third kappa shape index (κ3) is 2.78. The summed E-state index contributed by atoms with van der Waals surface area (Å²) in [5.41, 5.74) is 2.25. The number of hydrogen-bond donors (Lipinski definition) is 1. The van der Waals surface area contributed by atoms with Crippen LogP contribution in [0.25, 0.3) is 0 Å². The van der Waals surface area contributed by atoms with Gasteiger partial charge >= 0.3 is 0 Å². The van der Waals surface area contributed by atoms with E-state index in [1.165, 1.54) is 5.56 Å². The van der Waals surface area contributed by atoms with Gasteiger partial charge in [0.15, 0.2) is 5.82 Å². The lowest BCUT2D eigenvalue weighted by Crippen LogP contribution is -2.20. The molecule has 0 amide bonds. The number of nitrogens with one attached hydrogen (secondary N) is 1. The second-order valence-electron chi connectivity index (χ2n) is 4.77. The largest absolute Gasteiger partial charge is 0.373 e. The smallest absolute Gasteiger partial charge is 0.160 e. The molecule has 5 heteroatoms. The Morgan fingerprint density at radius 3 is 2.72 bits per heavy atom. The highest BCUT2D eigenvalue weighted by Gasteiger charge is 2.22. The molecule has 18 heavy (non-hydrogen) atoms. The topological polar surface area (TPSA) is 47.0 Å². The van der Waals surface area contributed by atoms with Gasteiger partial charge < -0.3 is 10.1 Å². The Balaban J connectivity index is 2.35. The van der Waals surface area contributed by atoms with Crippen molar-refractivity contribution in [3.63, 3.8) is 0 Å². The normalized spacial score (nSPS) is 20.2. The summed E-state index contributed by atoms with van der Waals surface area (Å²) in [7, 11) is 1.91. The van der Waals surface area contributed by atoms with Crippen molar-refractivity contribution in [3.8, 4) is 0 Å². The van der Waals surface area contributed by atoms with Crippen molar-refractivity contribution in [2.24, 2.45) is 0 Å². The number of ether oxygens (including phenoxy) is 1. The molecule has 0 aromatic carbocycles. The molecular formula is C13H21N3OS. The van der Waals surface area contributed by atoms with Gasteiger partial charge in [-0.2, -0.15) is 11.8 Å². The standard InChI is InChI=1S/C13H21N3OS/c1-8(2)11-9(3)15-12(16-13(11)14-4)10-7-18-6-5-17-10/h8,10H,5-7H2,1-4H3,(H,14,15,16). The Morgan fingerprint density at radius 2 is 2.17 bits per heavy atom. The molecule has 2 heterocycles. The molecular weight excluding hydrogens is 246 g/mol. The van der Waals surface area contributed by atoms with E-state index in [4.69, 9.17) is 4.74 Å². The third-order valence-corrected chi connectivity index (χ3v) is 4.07. The molecule has 100 valence electrons. The van der Waals surface area contributed by atoms with Gasteiger partial charge in [-0.15, -0.1) is 0 Å². The predicted molar refractivity (Wildman–Crippen MR) is 76.4 cm³/mol. The maximum atomic E-state index is 5.75. The summed E-state index contributed by atoms with van der Waals surface area (Å²) in [6.45, 7) is 7.17. The van der Waals surface area contributed by atoms with Crippen molar-refractivity contribution >= 4 is 17.6 Å². The van der Waals surface area contributed by atoms with Gasteiger partial charge in [-0.25, -0.2) is 9.97 Å². The molecule has 1 saturated heterocycles. The van der Waals surface area contributed by atoms with E-state index in [-0.39, 0.29) is 6.10 Å². The predicted octanol–water partition coefficient (Wildman–Crippen LogP) is 2.75. The lowest BCUT2D eigenvalue weighted by molar-refractivity contribution is 0.0693. The molecule has 1 N–H and O–H groups in total. The minimum Gasteiger partial charge on any atom is -0.373 e. The van der Waals surface area contributed by atoms with Crippen LogP contribution in [0.3, 0.4) is 0 Å². The maximum absolute atomic E-state index is 5.75. The number of hydrogen-bond acceptors (Lipinski definition) is 5. The Bertz CT molecular complexity index is 417. The van der Waals surface area contributed by atoms with Crippen LogP contribution in [0.5, 0.6) is 0 Å². The van der Waals surface area contributed by atoms with E-state index in [1.54, 1.807) is 0 Å². The van der Waals surface area contributed by atoms with Crippen LogP contribution in [0.15, 0.2) is 0 Å². The van der Waals surface area contributed by atoms with Crippen LogP contribution < -0.4 is 5.32 Å². The minimum atomic E-state index is 0.0377. The summed E-state index contributed by atoms with van der Waals surface area (Å²) in [5.74, 6) is 4.19. The summed E-state index contributed by atoms with van der Waals surface area (Å²) < 4.78 is 5.75. The molecule has 1 aliphatic rings. The highest BCUT2D eigenvalue weighted by atomic mass is 32.2. The van der Waals surface area contributed by atoms with Gasteiger partial charge in [0.05, 0.1) is 6.61 Å². The second-order valence-corrected chi connectivity index (χ2v) is 5.92. The number of thioether (sulfide) groups is 1. The van der Waals surface area contributed by atoms with Crippen LogP contribution in [0.2, 0.25) is 0 Å². The molecule has 1 fully saturated rings. The fourth-order valence-electron chi connectivity index (χ4n) is 2.27. The lowest BCUT2D eigenvalue weighted by Gasteiger charge is -2.23. The molecule has 0 radical (unpaired) electrons. The van der Waals surface area contributed by atoms with Gasteiger partial charge in [-0.05, 0) is 12.8 Å². The van der Waals surface area contributed by atoms with Crippen LogP contribution in [0, 0.1) is 6.92 Å². The highest BCUT2D eigenvalue weighted by molar-refractivity contribution is 7.99. The zero-order chi connectivity index (χ0) is 13.1. The number of rotatable bonds is 3. The minimum absolute atomic E-state index is 0.0377. The van der Waals surface area contributed by atoms with Crippen LogP contribution in [-0.4, -0.2) is 35.1 Å².